The number of carbonyl (C=O) groups is 1. The Morgan fingerprint density at radius 1 is 1.22 bits per heavy atom. The van der Waals surface area contributed by atoms with Crippen LogP contribution in [0.4, 0.5) is 5.95 Å². The molecule has 1 aromatic carbocycles. The number of thioether (sulfide) groups is 1. The van der Waals surface area contributed by atoms with Crippen molar-refractivity contribution in [2.24, 2.45) is 0 Å². The highest BCUT2D eigenvalue weighted by molar-refractivity contribution is 8.02. The first kappa shape index (κ1) is 23.9. The van der Waals surface area contributed by atoms with Gasteiger partial charge in [-0.25, -0.2) is 15.0 Å². The van der Waals surface area contributed by atoms with Gasteiger partial charge in [-0.05, 0) is 31.4 Å². The zero-order valence-corrected chi connectivity index (χ0v) is 20.2. The molecule has 0 amide bonds. The molecule has 6 nitrogen and oxygen atoms in total. The third-order valence-electron chi connectivity index (χ3n) is 4.84. The van der Waals surface area contributed by atoms with Crippen molar-refractivity contribution >= 4 is 41.1 Å². The average Bonchev–Trinajstić information content (AvgIpc) is 3.23. The lowest BCUT2D eigenvalue weighted by Crippen LogP contribution is -2.28. The molecule has 0 unspecified atom stereocenters. The van der Waals surface area contributed by atoms with Gasteiger partial charge in [0.2, 0.25) is 5.95 Å². The number of hydrogen-bond acceptors (Lipinski definition) is 7. The fraction of sp³-hybridized carbons (Fsp3) is 0.333. The van der Waals surface area contributed by atoms with E-state index in [0.29, 0.717) is 19.0 Å². The first-order chi connectivity index (χ1) is 15.4. The lowest BCUT2D eigenvalue weighted by Gasteiger charge is -2.20. The van der Waals surface area contributed by atoms with Crippen molar-refractivity contribution < 1.29 is 9.90 Å². The summed E-state index contributed by atoms with van der Waals surface area (Å²) in [5, 5.41) is 11.3. The normalized spacial score (nSPS) is 11.7. The Labute approximate surface area is 197 Å². The predicted octanol–water partition coefficient (Wildman–Crippen LogP) is 5.21. The van der Waals surface area contributed by atoms with Crippen molar-refractivity contribution in [3.8, 4) is 0 Å². The van der Waals surface area contributed by atoms with Crippen LogP contribution in [0.2, 0.25) is 0 Å². The van der Waals surface area contributed by atoms with Crippen molar-refractivity contribution in [2.75, 3.05) is 18.0 Å². The number of hydrogen-bond donors (Lipinski definition) is 1. The van der Waals surface area contributed by atoms with Crippen LogP contribution in [0.15, 0.2) is 58.5 Å². The van der Waals surface area contributed by atoms with Crippen molar-refractivity contribution in [2.45, 2.75) is 42.7 Å². The standard InChI is InChI=1S/C24H28N4O2S2/c1-4-18-15-25-22(26-16-18)28(13-8-11-19-9-6-5-7-10-19)14-12-20-17-31-23(27-20)32-24(2,3)21(29)30/h5-11,15-17H,4,12-14H2,1-3H3,(H,29,30)/b11-8+. The Morgan fingerprint density at radius 3 is 2.59 bits per heavy atom. The Kier molecular flexibility index (Phi) is 8.41. The number of rotatable bonds is 11. The summed E-state index contributed by atoms with van der Waals surface area (Å²) in [6.07, 6.45) is 9.59. The van der Waals surface area contributed by atoms with Crippen LogP contribution in [0.25, 0.3) is 6.08 Å². The summed E-state index contributed by atoms with van der Waals surface area (Å²) in [7, 11) is 0. The topological polar surface area (TPSA) is 79.2 Å². The van der Waals surface area contributed by atoms with Gasteiger partial charge in [0.25, 0.3) is 0 Å². The van der Waals surface area contributed by atoms with E-state index in [9.17, 15) is 9.90 Å². The van der Waals surface area contributed by atoms with Crippen LogP contribution in [0.1, 0.15) is 37.6 Å². The molecule has 0 saturated heterocycles. The molecule has 8 heteroatoms. The van der Waals surface area contributed by atoms with Crippen molar-refractivity contribution in [3.05, 3.63) is 71.0 Å². The highest BCUT2D eigenvalue weighted by atomic mass is 32.2. The van der Waals surface area contributed by atoms with Gasteiger partial charge in [0.05, 0.1) is 5.69 Å². The molecule has 2 heterocycles. The van der Waals surface area contributed by atoms with Crippen LogP contribution in [0, 0.1) is 0 Å². The van der Waals surface area contributed by atoms with Gasteiger partial charge in [-0.15, -0.1) is 11.3 Å². The van der Waals surface area contributed by atoms with Gasteiger partial charge in [-0.3, -0.25) is 4.79 Å². The Hall–Kier alpha value is -2.71. The van der Waals surface area contributed by atoms with E-state index in [-0.39, 0.29) is 0 Å². The number of anilines is 1. The number of benzene rings is 1. The molecule has 1 N–H and O–H groups in total. The number of aliphatic carboxylic acids is 1. The SMILES string of the molecule is CCc1cnc(N(C/C=C/c2ccccc2)CCc2csc(SC(C)(C)C(=O)O)n2)nc1. The van der Waals surface area contributed by atoms with Crippen molar-refractivity contribution in [1.82, 2.24) is 15.0 Å². The minimum Gasteiger partial charge on any atom is -0.480 e. The maximum Gasteiger partial charge on any atom is 0.319 e. The maximum atomic E-state index is 11.4. The molecular weight excluding hydrogens is 440 g/mol. The fourth-order valence-corrected chi connectivity index (χ4v) is 5.03. The van der Waals surface area contributed by atoms with Gasteiger partial charge in [0.1, 0.15) is 4.75 Å². The smallest absolute Gasteiger partial charge is 0.319 e. The van der Waals surface area contributed by atoms with E-state index in [4.69, 9.17) is 0 Å². The molecule has 0 fully saturated rings. The summed E-state index contributed by atoms with van der Waals surface area (Å²) in [5.74, 6) is -0.153. The Balaban J connectivity index is 1.68. The third-order valence-corrected chi connectivity index (χ3v) is 7.02. The number of aryl methyl sites for hydroxylation is 1. The molecular formula is C24H28N4O2S2. The molecule has 0 aliphatic heterocycles. The number of carboxylic acids is 1. The third kappa shape index (κ3) is 6.90. The van der Waals surface area contributed by atoms with Crippen LogP contribution in [0.5, 0.6) is 0 Å². The second-order valence-electron chi connectivity index (χ2n) is 7.78. The molecule has 0 aliphatic rings. The van der Waals surface area contributed by atoms with Gasteiger partial charge in [-0.2, -0.15) is 0 Å². The molecule has 0 atom stereocenters. The van der Waals surface area contributed by atoms with E-state index < -0.39 is 10.7 Å². The first-order valence-electron chi connectivity index (χ1n) is 10.5. The highest BCUT2D eigenvalue weighted by Crippen LogP contribution is 2.34. The van der Waals surface area contributed by atoms with E-state index in [1.165, 1.54) is 23.1 Å². The van der Waals surface area contributed by atoms with Crippen LogP contribution in [-0.4, -0.2) is 43.9 Å². The van der Waals surface area contributed by atoms with Crippen LogP contribution >= 0.6 is 23.1 Å². The zero-order valence-electron chi connectivity index (χ0n) is 18.6. The van der Waals surface area contributed by atoms with E-state index in [1.807, 2.05) is 36.0 Å². The van der Waals surface area contributed by atoms with E-state index in [2.05, 4.69) is 51.1 Å². The molecule has 0 radical (unpaired) electrons. The first-order valence-corrected chi connectivity index (χ1v) is 12.2. The second-order valence-corrected chi connectivity index (χ2v) is 10.5. The van der Waals surface area contributed by atoms with E-state index in [1.54, 1.807) is 13.8 Å². The summed E-state index contributed by atoms with van der Waals surface area (Å²) in [6.45, 7) is 6.86. The van der Waals surface area contributed by atoms with Gasteiger partial charge in [-0.1, -0.05) is 61.2 Å². The predicted molar refractivity (Wildman–Crippen MR) is 132 cm³/mol. The number of aromatic nitrogens is 3. The molecule has 0 bridgehead atoms. The van der Waals surface area contributed by atoms with Crippen molar-refractivity contribution in [3.63, 3.8) is 0 Å². The van der Waals surface area contributed by atoms with Crippen LogP contribution in [-0.2, 0) is 17.6 Å². The largest absolute Gasteiger partial charge is 0.480 e. The fourth-order valence-electron chi connectivity index (χ4n) is 2.81. The summed E-state index contributed by atoms with van der Waals surface area (Å²) in [6, 6.07) is 10.2. The minimum absolute atomic E-state index is 0.679. The lowest BCUT2D eigenvalue weighted by atomic mass is 10.2. The van der Waals surface area contributed by atoms with Gasteiger partial charge in [0, 0.05) is 37.3 Å². The molecule has 0 aliphatic carbocycles. The Bertz CT molecular complexity index is 1030. The highest BCUT2D eigenvalue weighted by Gasteiger charge is 2.29. The molecule has 3 rings (SSSR count). The van der Waals surface area contributed by atoms with Crippen LogP contribution < -0.4 is 4.90 Å². The van der Waals surface area contributed by atoms with E-state index >= 15 is 0 Å². The van der Waals surface area contributed by atoms with E-state index in [0.717, 1.165) is 34.0 Å². The average molecular weight is 469 g/mol. The number of carboxylic acid groups (broad SMARTS) is 1. The minimum atomic E-state index is -0.905. The summed E-state index contributed by atoms with van der Waals surface area (Å²) in [5.41, 5.74) is 3.20. The van der Waals surface area contributed by atoms with Gasteiger partial charge in [0.15, 0.2) is 4.34 Å². The molecule has 0 saturated carbocycles. The lowest BCUT2D eigenvalue weighted by molar-refractivity contribution is -0.138. The van der Waals surface area contributed by atoms with Gasteiger partial charge < -0.3 is 10.0 Å². The molecule has 2 aromatic heterocycles. The molecule has 168 valence electrons. The second kappa shape index (κ2) is 11.2. The summed E-state index contributed by atoms with van der Waals surface area (Å²) in [4.78, 5) is 27.3. The Morgan fingerprint density at radius 2 is 1.94 bits per heavy atom. The molecule has 32 heavy (non-hydrogen) atoms. The monoisotopic (exact) mass is 468 g/mol. The number of thiazole rings is 1. The summed E-state index contributed by atoms with van der Waals surface area (Å²) < 4.78 is -0.135. The maximum absolute atomic E-state index is 11.4. The quantitative estimate of drug-likeness (QED) is 0.387. The number of nitrogens with zero attached hydrogens (tertiary/aromatic N) is 4. The molecule has 0 spiro atoms. The van der Waals surface area contributed by atoms with Gasteiger partial charge >= 0.3 is 5.97 Å². The molecule has 3 aromatic rings. The van der Waals surface area contributed by atoms with Crippen molar-refractivity contribution in [1.29, 1.82) is 0 Å². The van der Waals surface area contributed by atoms with Crippen LogP contribution in [0.3, 0.4) is 0 Å². The zero-order chi connectivity index (χ0) is 23.0. The summed E-state index contributed by atoms with van der Waals surface area (Å²) >= 11 is 2.77.